The van der Waals surface area contributed by atoms with Crippen LogP contribution < -0.4 is 4.74 Å². The van der Waals surface area contributed by atoms with Crippen molar-refractivity contribution in [1.29, 1.82) is 0 Å². The molecule has 3 aromatic carbocycles. The van der Waals surface area contributed by atoms with Crippen molar-refractivity contribution >= 4 is 27.0 Å². The molecule has 0 saturated carbocycles. The summed E-state index contributed by atoms with van der Waals surface area (Å²) in [6, 6.07) is 24.1. The molecule has 1 nitrogen and oxygen atoms in total. The number of hydrogen-bond acceptors (Lipinski definition) is 1. The Hall–Kier alpha value is -1.84. The second kappa shape index (κ2) is 14.4. The lowest BCUT2D eigenvalue weighted by Crippen LogP contribution is -2.19. The maximum atomic E-state index is 6.08. The van der Waals surface area contributed by atoms with E-state index in [1.54, 1.807) is 0 Å². The van der Waals surface area contributed by atoms with Gasteiger partial charge in [0.15, 0.2) is 0 Å². The molecule has 33 heavy (non-hydrogen) atoms. The summed E-state index contributed by atoms with van der Waals surface area (Å²) in [4.78, 5) is 0. The minimum atomic E-state index is 0. The first-order valence-corrected chi connectivity index (χ1v) is 11.8. The molecule has 0 N–H and O–H groups in total. The Balaban J connectivity index is 0.00000272. The molecule has 180 valence electrons. The second-order valence-corrected chi connectivity index (χ2v) is 9.04. The van der Waals surface area contributed by atoms with Crippen LogP contribution in [0.1, 0.15) is 60.1 Å². The van der Waals surface area contributed by atoms with E-state index in [1.807, 2.05) is 6.07 Å². The standard InChI is InChI=1S/C30H38O.2H2S/c1-6-28(19-26-14-13-22(3)23(4)17-26)29(7-2)20-27-15-16-30(24(5)18-27)31-21-25-11-9-8-10-12-25;;/h8-18,28-29H,6-7,19-21H2,1-5H3;2*1H2/t28-,29-;;/m0../s1. The summed E-state index contributed by atoms with van der Waals surface area (Å²) in [6.45, 7) is 11.9. The van der Waals surface area contributed by atoms with E-state index >= 15 is 0 Å². The van der Waals surface area contributed by atoms with Crippen molar-refractivity contribution in [2.45, 2.75) is 66.9 Å². The fourth-order valence-corrected chi connectivity index (χ4v) is 4.56. The predicted octanol–water partition coefficient (Wildman–Crippen LogP) is 8.25. The van der Waals surface area contributed by atoms with Crippen molar-refractivity contribution in [3.63, 3.8) is 0 Å². The van der Waals surface area contributed by atoms with Gasteiger partial charge >= 0.3 is 0 Å². The minimum absolute atomic E-state index is 0. The molecule has 0 aliphatic rings. The summed E-state index contributed by atoms with van der Waals surface area (Å²) >= 11 is 0. The van der Waals surface area contributed by atoms with Crippen LogP contribution in [0.5, 0.6) is 5.75 Å². The molecule has 0 fully saturated rings. The van der Waals surface area contributed by atoms with Crippen LogP contribution in [-0.2, 0) is 19.4 Å². The predicted molar refractivity (Wildman–Crippen MR) is 154 cm³/mol. The van der Waals surface area contributed by atoms with Gasteiger partial charge in [-0.3, -0.25) is 0 Å². The van der Waals surface area contributed by atoms with Crippen LogP contribution in [0.15, 0.2) is 66.7 Å². The zero-order valence-electron chi connectivity index (χ0n) is 20.9. The first-order valence-electron chi connectivity index (χ1n) is 11.8. The van der Waals surface area contributed by atoms with Gasteiger partial charge in [-0.2, -0.15) is 27.0 Å². The third kappa shape index (κ3) is 8.46. The molecule has 0 amide bonds. The molecule has 0 aliphatic heterocycles. The topological polar surface area (TPSA) is 9.23 Å². The quantitative estimate of drug-likeness (QED) is 0.283. The van der Waals surface area contributed by atoms with Crippen LogP contribution in [0.4, 0.5) is 0 Å². The van der Waals surface area contributed by atoms with Gasteiger partial charge in [0.1, 0.15) is 12.4 Å². The van der Waals surface area contributed by atoms with Crippen molar-refractivity contribution in [2.75, 3.05) is 0 Å². The third-order valence-corrected chi connectivity index (χ3v) is 6.76. The van der Waals surface area contributed by atoms with Crippen molar-refractivity contribution in [2.24, 2.45) is 11.8 Å². The maximum Gasteiger partial charge on any atom is 0.122 e. The highest BCUT2D eigenvalue weighted by Crippen LogP contribution is 2.29. The van der Waals surface area contributed by atoms with Crippen molar-refractivity contribution in [3.8, 4) is 5.75 Å². The average molecular weight is 483 g/mol. The first kappa shape index (κ1) is 29.2. The molecule has 0 saturated heterocycles. The Morgan fingerprint density at radius 2 is 1.15 bits per heavy atom. The first-order chi connectivity index (χ1) is 15.0. The van der Waals surface area contributed by atoms with Crippen LogP contribution in [-0.4, -0.2) is 0 Å². The van der Waals surface area contributed by atoms with E-state index in [1.165, 1.54) is 52.6 Å². The Morgan fingerprint density at radius 1 is 0.606 bits per heavy atom. The third-order valence-electron chi connectivity index (χ3n) is 6.76. The van der Waals surface area contributed by atoms with Gasteiger partial charge in [-0.15, -0.1) is 0 Å². The molecule has 3 rings (SSSR count). The lowest BCUT2D eigenvalue weighted by molar-refractivity contribution is 0.302. The van der Waals surface area contributed by atoms with Gasteiger partial charge in [-0.05, 0) is 84.9 Å². The average Bonchev–Trinajstić information content (AvgIpc) is 2.78. The number of rotatable bonds is 10. The van der Waals surface area contributed by atoms with E-state index in [9.17, 15) is 0 Å². The lowest BCUT2D eigenvalue weighted by atomic mass is 9.79. The molecular weight excluding hydrogens is 440 g/mol. The Bertz CT molecular complexity index is 968. The van der Waals surface area contributed by atoms with E-state index in [0.717, 1.165) is 12.2 Å². The number of aryl methyl sites for hydroxylation is 3. The fraction of sp³-hybridized carbons (Fsp3) is 0.400. The summed E-state index contributed by atoms with van der Waals surface area (Å²) < 4.78 is 6.08. The molecule has 0 radical (unpaired) electrons. The summed E-state index contributed by atoms with van der Waals surface area (Å²) in [5.41, 5.74) is 8.12. The zero-order chi connectivity index (χ0) is 22.2. The Kier molecular flexibility index (Phi) is 12.8. The van der Waals surface area contributed by atoms with E-state index in [-0.39, 0.29) is 27.0 Å². The lowest BCUT2D eigenvalue weighted by Gasteiger charge is -2.26. The van der Waals surface area contributed by atoms with Gasteiger partial charge in [-0.25, -0.2) is 0 Å². The number of benzene rings is 3. The zero-order valence-corrected chi connectivity index (χ0v) is 22.9. The van der Waals surface area contributed by atoms with E-state index < -0.39 is 0 Å². The molecule has 0 bridgehead atoms. The fourth-order valence-electron chi connectivity index (χ4n) is 4.56. The van der Waals surface area contributed by atoms with E-state index in [4.69, 9.17) is 4.74 Å². The van der Waals surface area contributed by atoms with Gasteiger partial charge in [0, 0.05) is 0 Å². The highest BCUT2D eigenvalue weighted by atomic mass is 32.1. The molecular formula is C30H42OS2. The van der Waals surface area contributed by atoms with Gasteiger partial charge in [-0.1, -0.05) is 87.4 Å². The maximum absolute atomic E-state index is 6.08. The smallest absolute Gasteiger partial charge is 0.122 e. The molecule has 0 unspecified atom stereocenters. The normalized spacial score (nSPS) is 12.3. The highest BCUT2D eigenvalue weighted by molar-refractivity contribution is 7.59. The van der Waals surface area contributed by atoms with Crippen molar-refractivity contribution < 1.29 is 4.74 Å². The van der Waals surface area contributed by atoms with Gasteiger partial charge in [0.2, 0.25) is 0 Å². The van der Waals surface area contributed by atoms with Crippen LogP contribution in [0.25, 0.3) is 0 Å². The molecule has 0 aliphatic carbocycles. The highest BCUT2D eigenvalue weighted by Gasteiger charge is 2.20. The number of ether oxygens (including phenoxy) is 1. The van der Waals surface area contributed by atoms with E-state index in [2.05, 4.69) is 95.3 Å². The van der Waals surface area contributed by atoms with Gasteiger partial charge < -0.3 is 4.74 Å². The van der Waals surface area contributed by atoms with Crippen molar-refractivity contribution in [3.05, 3.63) is 100 Å². The van der Waals surface area contributed by atoms with Crippen LogP contribution in [0.2, 0.25) is 0 Å². The molecule has 2 atom stereocenters. The monoisotopic (exact) mass is 482 g/mol. The summed E-state index contributed by atoms with van der Waals surface area (Å²) in [6.07, 6.45) is 4.75. The summed E-state index contributed by atoms with van der Waals surface area (Å²) in [5.74, 6) is 2.39. The SMILES string of the molecule is CC[C@@H](Cc1ccc(C)c(C)c1)[C@@H](CC)Cc1ccc(OCc2ccccc2)c(C)c1.S.S. The molecule has 0 heterocycles. The molecule has 3 heteroatoms. The Morgan fingerprint density at radius 3 is 1.67 bits per heavy atom. The van der Waals surface area contributed by atoms with Crippen molar-refractivity contribution in [1.82, 2.24) is 0 Å². The minimum Gasteiger partial charge on any atom is -0.489 e. The van der Waals surface area contributed by atoms with E-state index in [0.29, 0.717) is 18.4 Å². The Labute approximate surface area is 215 Å². The second-order valence-electron chi connectivity index (χ2n) is 9.04. The molecule has 3 aromatic rings. The largest absolute Gasteiger partial charge is 0.489 e. The van der Waals surface area contributed by atoms with Gasteiger partial charge in [0.05, 0.1) is 0 Å². The van der Waals surface area contributed by atoms with Crippen LogP contribution in [0.3, 0.4) is 0 Å². The van der Waals surface area contributed by atoms with Crippen LogP contribution in [0, 0.1) is 32.6 Å². The number of hydrogen-bond donors (Lipinski definition) is 0. The van der Waals surface area contributed by atoms with Crippen LogP contribution >= 0.6 is 27.0 Å². The molecule has 0 spiro atoms. The summed E-state index contributed by atoms with van der Waals surface area (Å²) in [7, 11) is 0. The molecule has 0 aromatic heterocycles. The van der Waals surface area contributed by atoms with Gasteiger partial charge in [0.25, 0.3) is 0 Å². The summed E-state index contributed by atoms with van der Waals surface area (Å²) in [5, 5.41) is 0.